The second-order valence-electron chi connectivity index (χ2n) is 19.5. The number of amides is 4. The molecule has 0 atom stereocenters. The van der Waals surface area contributed by atoms with Gasteiger partial charge in [-0.2, -0.15) is 0 Å². The lowest BCUT2D eigenvalue weighted by Crippen LogP contribution is -2.56. The van der Waals surface area contributed by atoms with Crippen LogP contribution in [0.25, 0.3) is 0 Å². The topological polar surface area (TPSA) is 71.6 Å². The van der Waals surface area contributed by atoms with E-state index >= 15 is 0 Å². The molecule has 4 amide bonds. The van der Waals surface area contributed by atoms with Crippen molar-refractivity contribution < 1.29 is 14.3 Å². The molecule has 9 heteroatoms. The molecule has 3 aromatic carbocycles. The van der Waals surface area contributed by atoms with Gasteiger partial charge in [0, 0.05) is 43.8 Å². The first-order valence-corrected chi connectivity index (χ1v) is 22.7. The first kappa shape index (κ1) is 41.6. The molecular formula is C50H70N6O3. The molecule has 0 bridgehead atoms. The van der Waals surface area contributed by atoms with Gasteiger partial charge >= 0.3 is 12.1 Å². The van der Waals surface area contributed by atoms with Crippen molar-refractivity contribution in [2.45, 2.75) is 119 Å². The summed E-state index contributed by atoms with van der Waals surface area (Å²) in [5.74, 6) is 2.25. The molecule has 2 spiro atoms. The van der Waals surface area contributed by atoms with Crippen LogP contribution in [-0.4, -0.2) is 109 Å². The first-order valence-electron chi connectivity index (χ1n) is 22.7. The highest BCUT2D eigenvalue weighted by Gasteiger charge is 2.55. The quantitative estimate of drug-likeness (QED) is 0.210. The second kappa shape index (κ2) is 17.1. The Kier molecular flexibility index (Phi) is 12.1. The van der Waals surface area contributed by atoms with Crippen molar-refractivity contribution in [3.05, 3.63) is 102 Å². The molecule has 318 valence electrons. The minimum Gasteiger partial charge on any atom is -0.497 e. The van der Waals surface area contributed by atoms with Gasteiger partial charge in [0.25, 0.3) is 0 Å². The fourth-order valence-corrected chi connectivity index (χ4v) is 11.7. The fraction of sp³-hybridized carbons (Fsp3) is 0.600. The van der Waals surface area contributed by atoms with E-state index in [4.69, 9.17) is 4.74 Å². The van der Waals surface area contributed by atoms with E-state index < -0.39 is 0 Å². The van der Waals surface area contributed by atoms with Crippen LogP contribution in [0.1, 0.15) is 107 Å². The van der Waals surface area contributed by atoms with Gasteiger partial charge in [0.2, 0.25) is 0 Å². The van der Waals surface area contributed by atoms with Crippen molar-refractivity contribution in [3.63, 3.8) is 0 Å². The lowest BCUT2D eigenvalue weighted by atomic mass is 9.68. The number of rotatable bonds is 11. The molecule has 9 rings (SSSR count). The van der Waals surface area contributed by atoms with Crippen LogP contribution < -0.4 is 10.1 Å². The molecule has 59 heavy (non-hydrogen) atoms. The summed E-state index contributed by atoms with van der Waals surface area (Å²) in [5, 5.41) is 3.15. The van der Waals surface area contributed by atoms with Gasteiger partial charge in [-0.1, -0.05) is 85.6 Å². The summed E-state index contributed by atoms with van der Waals surface area (Å²) in [6.07, 6.45) is 16.4. The van der Waals surface area contributed by atoms with Gasteiger partial charge in [-0.3, -0.25) is 9.80 Å². The Bertz CT molecular complexity index is 1880. The van der Waals surface area contributed by atoms with Crippen molar-refractivity contribution in [3.8, 4) is 5.75 Å². The molecule has 6 fully saturated rings. The molecule has 3 aromatic rings. The highest BCUT2D eigenvalue weighted by Crippen LogP contribution is 2.51. The van der Waals surface area contributed by atoms with Gasteiger partial charge in [0.15, 0.2) is 0 Å². The van der Waals surface area contributed by atoms with Gasteiger partial charge < -0.3 is 24.8 Å². The Morgan fingerprint density at radius 1 is 0.644 bits per heavy atom. The van der Waals surface area contributed by atoms with Crippen LogP contribution in [0.15, 0.2) is 84.9 Å². The molecule has 2 saturated heterocycles. The number of benzene rings is 3. The highest BCUT2D eigenvalue weighted by molar-refractivity contribution is 5.79. The first-order chi connectivity index (χ1) is 28.5. The predicted octanol–water partition coefficient (Wildman–Crippen LogP) is 9.08. The van der Waals surface area contributed by atoms with E-state index in [1.807, 2.05) is 12.1 Å². The molecule has 0 radical (unpaired) electrons. The van der Waals surface area contributed by atoms with Gasteiger partial charge in [-0.05, 0) is 146 Å². The average Bonchev–Trinajstić information content (AvgIpc) is 3.66. The fourth-order valence-electron chi connectivity index (χ4n) is 11.7. The van der Waals surface area contributed by atoms with E-state index in [1.54, 1.807) is 7.11 Å². The summed E-state index contributed by atoms with van der Waals surface area (Å²) in [6, 6.07) is 30.4. The third-order valence-electron chi connectivity index (χ3n) is 16.1. The van der Waals surface area contributed by atoms with Crippen molar-refractivity contribution in [1.29, 1.82) is 0 Å². The zero-order chi connectivity index (χ0) is 41.3. The van der Waals surface area contributed by atoms with Gasteiger partial charge in [-0.15, -0.1) is 0 Å². The standard InChI is InChI=1S/C29H39N3O2.C21H31N3O/c1-30(2)29(25-12-5-4-6-13-25)17-15-28(16-18-29)22-31(20-24-11-8-14-26(19-24)34-3)27(33)32(28)21-23-9-7-10-23;1-23(2)21(18-9-4-3-5-10-18)13-11-20(12-14-21)16-22-19(25)24(20)15-17-7-6-8-17/h4-6,8,11-14,19,23H,7,9-10,15-18,20-22H2,1-3H3;3-5,9-10,17H,6-8,11-16H2,1-2H3,(H,22,25). The average molecular weight is 803 g/mol. The van der Waals surface area contributed by atoms with Crippen molar-refractivity contribution in [2.24, 2.45) is 11.8 Å². The van der Waals surface area contributed by atoms with Crippen LogP contribution in [0.2, 0.25) is 0 Å². The highest BCUT2D eigenvalue weighted by atomic mass is 16.5. The van der Waals surface area contributed by atoms with E-state index in [-0.39, 0.29) is 34.2 Å². The number of nitrogens with zero attached hydrogens (tertiary/aromatic N) is 5. The number of urea groups is 2. The van der Waals surface area contributed by atoms with Gasteiger partial charge in [-0.25, -0.2) is 9.59 Å². The Balaban J connectivity index is 0.000000172. The SMILES string of the molecule is CN(C)C1(c2ccccc2)CCC2(CC1)CNC(=O)N2CC1CCC1.COc1cccc(CN2CC3(CCC(c4ccccc4)(N(C)C)CC3)N(CC3CCC3)C2=O)c1. The predicted molar refractivity (Wildman–Crippen MR) is 236 cm³/mol. The van der Waals surface area contributed by atoms with E-state index in [1.165, 1.54) is 49.7 Å². The van der Waals surface area contributed by atoms with E-state index in [2.05, 4.69) is 131 Å². The molecule has 0 unspecified atom stereocenters. The summed E-state index contributed by atoms with van der Waals surface area (Å²) in [4.78, 5) is 37.7. The molecule has 6 aliphatic rings. The third kappa shape index (κ3) is 7.98. The maximum absolute atomic E-state index is 13.8. The van der Waals surface area contributed by atoms with Crippen molar-refractivity contribution in [1.82, 2.24) is 29.8 Å². The Morgan fingerprint density at radius 3 is 1.63 bits per heavy atom. The van der Waals surface area contributed by atoms with E-state index in [0.29, 0.717) is 12.5 Å². The Labute approximate surface area is 354 Å². The summed E-state index contributed by atoms with van der Waals surface area (Å²) >= 11 is 0. The molecule has 4 aliphatic carbocycles. The van der Waals surface area contributed by atoms with Crippen LogP contribution in [0.4, 0.5) is 9.59 Å². The van der Waals surface area contributed by atoms with Crippen molar-refractivity contribution in [2.75, 3.05) is 61.5 Å². The summed E-state index contributed by atoms with van der Waals surface area (Å²) in [7, 11) is 10.5. The van der Waals surface area contributed by atoms with E-state index in [9.17, 15) is 9.59 Å². The van der Waals surface area contributed by atoms with Crippen molar-refractivity contribution >= 4 is 12.1 Å². The van der Waals surface area contributed by atoms with Crippen LogP contribution >= 0.6 is 0 Å². The smallest absolute Gasteiger partial charge is 0.320 e. The molecule has 4 saturated carbocycles. The Morgan fingerprint density at radius 2 is 1.15 bits per heavy atom. The zero-order valence-electron chi connectivity index (χ0n) is 36.6. The van der Waals surface area contributed by atoms with E-state index in [0.717, 1.165) is 94.8 Å². The summed E-state index contributed by atoms with van der Waals surface area (Å²) in [5.41, 5.74) is 4.07. The molecule has 2 aliphatic heterocycles. The molecule has 2 heterocycles. The number of carbonyl (C=O) groups excluding carboxylic acids is 2. The lowest BCUT2D eigenvalue weighted by molar-refractivity contribution is 0.0159. The second-order valence-corrected chi connectivity index (χ2v) is 19.5. The van der Waals surface area contributed by atoms with Gasteiger partial charge in [0.1, 0.15) is 5.75 Å². The summed E-state index contributed by atoms with van der Waals surface area (Å²) in [6.45, 7) is 4.20. The maximum atomic E-state index is 13.8. The number of nitrogens with one attached hydrogen (secondary N) is 1. The minimum atomic E-state index is -0.0557. The summed E-state index contributed by atoms with van der Waals surface area (Å²) < 4.78 is 5.42. The number of methoxy groups -OCH3 is 1. The van der Waals surface area contributed by atoms with Crippen LogP contribution in [0.5, 0.6) is 5.75 Å². The largest absolute Gasteiger partial charge is 0.497 e. The maximum Gasteiger partial charge on any atom is 0.320 e. The molecule has 9 nitrogen and oxygen atoms in total. The van der Waals surface area contributed by atoms with Gasteiger partial charge in [0.05, 0.1) is 18.2 Å². The molecular weight excluding hydrogens is 733 g/mol. The zero-order valence-corrected chi connectivity index (χ0v) is 36.6. The minimum absolute atomic E-state index is 0.0396. The molecule has 1 N–H and O–H groups in total. The lowest BCUT2D eigenvalue weighted by Gasteiger charge is -2.51. The number of ether oxygens (including phenoxy) is 1. The molecule has 0 aromatic heterocycles. The third-order valence-corrected chi connectivity index (χ3v) is 16.1. The number of hydrogen-bond donors (Lipinski definition) is 1. The Hall–Kier alpha value is -4.08. The monoisotopic (exact) mass is 803 g/mol. The van der Waals surface area contributed by atoms with Crippen LogP contribution in [-0.2, 0) is 17.6 Å². The normalized spacial score (nSPS) is 29.8. The number of hydrogen-bond acceptors (Lipinski definition) is 5. The number of carbonyl (C=O) groups is 2. The van der Waals surface area contributed by atoms with Crippen LogP contribution in [0, 0.1) is 11.8 Å². The van der Waals surface area contributed by atoms with Crippen LogP contribution in [0.3, 0.4) is 0 Å².